The summed E-state index contributed by atoms with van der Waals surface area (Å²) in [6, 6.07) is 0. The number of carbonyl (C=O) groups excluding carboxylic acids is 1. The zero-order chi connectivity index (χ0) is 26.4. The van der Waals surface area contributed by atoms with Crippen molar-refractivity contribution in [2.45, 2.75) is 43.4 Å². The van der Waals surface area contributed by atoms with Gasteiger partial charge in [-0.15, -0.1) is 0 Å². The summed E-state index contributed by atoms with van der Waals surface area (Å²) in [6.45, 7) is 0.403. The number of nitrogens with one attached hydrogen (secondary N) is 2. The number of nitrogens with zero attached hydrogens (tertiary/aromatic N) is 1. The second kappa shape index (κ2) is 12.5. The lowest BCUT2D eigenvalue weighted by Crippen LogP contribution is -2.37. The molecule has 1 unspecified atom stereocenters. The maximum atomic E-state index is 12.3. The van der Waals surface area contributed by atoms with Crippen molar-refractivity contribution in [1.82, 2.24) is 14.9 Å². The zero-order valence-electron chi connectivity index (χ0n) is 18.1. The molecule has 1 aliphatic rings. The first-order valence-electron chi connectivity index (χ1n) is 9.59. The van der Waals surface area contributed by atoms with Crippen molar-refractivity contribution >= 4 is 35.3 Å². The number of ether oxygens (including phenoxy) is 2. The van der Waals surface area contributed by atoms with Crippen molar-refractivity contribution in [2.75, 3.05) is 19.4 Å². The van der Waals surface area contributed by atoms with E-state index in [1.165, 1.54) is 26.9 Å². The van der Waals surface area contributed by atoms with Gasteiger partial charge in [0.25, 0.3) is 13.4 Å². The van der Waals surface area contributed by atoms with Gasteiger partial charge in [-0.25, -0.2) is 4.79 Å². The molecule has 18 heteroatoms. The Morgan fingerprint density at radius 2 is 2.20 bits per heavy atom. The second-order valence-electron chi connectivity index (χ2n) is 6.83. The number of phosphoric ester groups is 1. The van der Waals surface area contributed by atoms with E-state index in [2.05, 4.69) is 16.4 Å². The van der Waals surface area contributed by atoms with Crippen molar-refractivity contribution in [1.29, 1.82) is 0 Å². The first-order valence-corrected chi connectivity index (χ1v) is 13.7. The topological polar surface area (TPSA) is 172 Å². The van der Waals surface area contributed by atoms with Crippen LogP contribution >= 0.6 is 29.4 Å². The smallest absolute Gasteiger partial charge is 0.471 e. The van der Waals surface area contributed by atoms with E-state index in [1.54, 1.807) is 6.92 Å². The SMILES string of the molecule is CSS[C@H](C)O[C@@H]1C[C@H](n2cc(C#CCNC(=O)C(F)(F)F)c(=O)[nH]c2=O)O[C@@H]1COP(=O)([O-])O. The Bertz CT molecular complexity index is 1130. The summed E-state index contributed by atoms with van der Waals surface area (Å²) >= 11 is 0. The Balaban J connectivity index is 2.23. The molecule has 0 saturated carbocycles. The summed E-state index contributed by atoms with van der Waals surface area (Å²) in [5.74, 6) is 2.23. The minimum absolute atomic E-state index is 0.0162. The van der Waals surface area contributed by atoms with Crippen LogP contribution < -0.4 is 21.5 Å². The fraction of sp³-hybridized carbons (Fsp3) is 0.588. The maximum absolute atomic E-state index is 12.3. The minimum atomic E-state index is -5.09. The average Bonchev–Trinajstić information content (AvgIpc) is 3.12. The molecular weight excluding hydrogens is 542 g/mol. The average molecular weight is 562 g/mol. The minimum Gasteiger partial charge on any atom is -0.756 e. The number of aromatic nitrogens is 2. The number of aromatic amines is 1. The van der Waals surface area contributed by atoms with E-state index >= 15 is 0 Å². The Hall–Kier alpha value is -1.77. The molecule has 1 aliphatic heterocycles. The summed E-state index contributed by atoms with van der Waals surface area (Å²) in [6.07, 6.45) is -5.11. The molecule has 5 atom stereocenters. The largest absolute Gasteiger partial charge is 0.756 e. The van der Waals surface area contributed by atoms with Gasteiger partial charge < -0.3 is 29.1 Å². The first-order chi connectivity index (χ1) is 16.2. The quantitative estimate of drug-likeness (QED) is 0.161. The van der Waals surface area contributed by atoms with E-state index in [9.17, 15) is 37.0 Å². The number of alkyl halides is 3. The molecule has 3 N–H and O–H groups in total. The summed E-state index contributed by atoms with van der Waals surface area (Å²) in [5.41, 5.74) is -2.50. The van der Waals surface area contributed by atoms with Crippen LogP contribution in [0.1, 0.15) is 25.1 Å². The highest BCUT2D eigenvalue weighted by molar-refractivity contribution is 8.76. The fourth-order valence-corrected chi connectivity index (χ4v) is 4.63. The molecule has 196 valence electrons. The van der Waals surface area contributed by atoms with Gasteiger partial charge in [0.15, 0.2) is 0 Å². The van der Waals surface area contributed by atoms with Crippen molar-refractivity contribution in [3.05, 3.63) is 32.6 Å². The summed E-state index contributed by atoms with van der Waals surface area (Å²) in [4.78, 5) is 57.0. The third kappa shape index (κ3) is 9.32. The van der Waals surface area contributed by atoms with Crippen molar-refractivity contribution in [3.63, 3.8) is 0 Å². The monoisotopic (exact) mass is 562 g/mol. The van der Waals surface area contributed by atoms with E-state index in [1.807, 2.05) is 11.2 Å². The Labute approximate surface area is 203 Å². The van der Waals surface area contributed by atoms with Crippen LogP contribution in [0.2, 0.25) is 0 Å². The molecule has 1 aromatic rings. The highest BCUT2D eigenvalue weighted by atomic mass is 33.1. The van der Waals surface area contributed by atoms with Crippen LogP contribution in [0.3, 0.4) is 0 Å². The van der Waals surface area contributed by atoms with Gasteiger partial charge in [0.2, 0.25) is 0 Å². The summed E-state index contributed by atoms with van der Waals surface area (Å²) in [5, 5.41) is 1.51. The number of hydrogen-bond donors (Lipinski definition) is 3. The van der Waals surface area contributed by atoms with Crippen LogP contribution in [-0.4, -0.2) is 63.6 Å². The molecule has 0 bridgehead atoms. The van der Waals surface area contributed by atoms with Crippen LogP contribution in [0, 0.1) is 11.8 Å². The number of rotatable bonds is 9. The molecule has 0 aromatic carbocycles. The predicted octanol–water partition coefficient (Wildman–Crippen LogP) is 0.0738. The van der Waals surface area contributed by atoms with Crippen LogP contribution in [-0.2, 0) is 23.4 Å². The Kier molecular flexibility index (Phi) is 10.5. The molecule has 0 aliphatic carbocycles. The number of carbonyl (C=O) groups is 1. The van der Waals surface area contributed by atoms with Crippen molar-refractivity contribution < 1.29 is 46.3 Å². The molecule has 12 nitrogen and oxygen atoms in total. The normalized spacial score (nSPS) is 22.7. The molecular formula is C17H20F3N3O9PS2-. The predicted molar refractivity (Wildman–Crippen MR) is 117 cm³/mol. The first kappa shape index (κ1) is 29.5. The number of hydrogen-bond acceptors (Lipinski definition) is 10. The second-order valence-corrected chi connectivity index (χ2v) is 10.8. The lowest BCUT2D eigenvalue weighted by Gasteiger charge is -2.24. The van der Waals surface area contributed by atoms with E-state index in [-0.39, 0.29) is 17.4 Å². The van der Waals surface area contributed by atoms with Gasteiger partial charge in [-0.2, -0.15) is 13.2 Å². The van der Waals surface area contributed by atoms with Crippen LogP contribution in [0.4, 0.5) is 13.2 Å². The third-order valence-electron chi connectivity index (χ3n) is 4.28. The van der Waals surface area contributed by atoms with Gasteiger partial charge in [-0.05, 0) is 13.2 Å². The number of phosphoric acid groups is 1. The standard InChI is InChI=1S/C17H21F3N3O9PS2/c1-9(35-34-2)31-11-6-13(32-12(11)8-30-33(27,28)29)23-7-10(14(24)22-16(23)26)4-3-5-21-15(25)17(18,19)20/h7,9,11-13H,5-6,8H2,1-2H3,(H,21,25)(H,22,24,26)(H2,27,28,29)/p-1/t9-,11-,12-,13-/m1/s1. The Morgan fingerprint density at radius 3 is 2.80 bits per heavy atom. The highest BCUT2D eigenvalue weighted by Gasteiger charge is 2.39. The van der Waals surface area contributed by atoms with Gasteiger partial charge in [0, 0.05) is 12.6 Å². The molecule has 1 saturated heterocycles. The van der Waals surface area contributed by atoms with E-state index in [4.69, 9.17) is 14.4 Å². The highest BCUT2D eigenvalue weighted by Crippen LogP contribution is 2.37. The van der Waals surface area contributed by atoms with Crippen LogP contribution in [0.25, 0.3) is 0 Å². The van der Waals surface area contributed by atoms with Crippen LogP contribution in [0.5, 0.6) is 0 Å². The molecule has 0 spiro atoms. The molecule has 35 heavy (non-hydrogen) atoms. The molecule has 1 amide bonds. The number of H-pyrrole nitrogens is 1. The molecule has 0 radical (unpaired) electrons. The summed E-state index contributed by atoms with van der Waals surface area (Å²) < 4.78 is 64.4. The molecule has 2 heterocycles. The third-order valence-corrected chi connectivity index (χ3v) is 6.72. The van der Waals surface area contributed by atoms with Gasteiger partial charge in [-0.3, -0.25) is 23.7 Å². The fourth-order valence-electron chi connectivity index (χ4n) is 2.89. The van der Waals surface area contributed by atoms with E-state index in [0.717, 1.165) is 10.8 Å². The number of halogens is 3. The zero-order valence-corrected chi connectivity index (χ0v) is 20.6. The van der Waals surface area contributed by atoms with Gasteiger partial charge in [0.1, 0.15) is 23.3 Å². The molecule has 1 fully saturated rings. The van der Waals surface area contributed by atoms with Crippen molar-refractivity contribution in [2.24, 2.45) is 0 Å². The van der Waals surface area contributed by atoms with Gasteiger partial charge in [0.05, 0.1) is 19.3 Å². The van der Waals surface area contributed by atoms with Gasteiger partial charge >= 0.3 is 17.8 Å². The molecule has 2 rings (SSSR count). The Morgan fingerprint density at radius 1 is 1.51 bits per heavy atom. The van der Waals surface area contributed by atoms with Gasteiger partial charge in [-0.1, -0.05) is 33.4 Å². The van der Waals surface area contributed by atoms with Crippen molar-refractivity contribution in [3.8, 4) is 11.8 Å². The maximum Gasteiger partial charge on any atom is 0.471 e. The van der Waals surface area contributed by atoms with E-state index in [0.29, 0.717) is 0 Å². The summed E-state index contributed by atoms with van der Waals surface area (Å²) in [7, 11) is -2.30. The van der Waals surface area contributed by atoms with E-state index < -0.39 is 62.7 Å². The van der Waals surface area contributed by atoms with Crippen LogP contribution in [0.15, 0.2) is 15.8 Å². The lowest BCUT2D eigenvalue weighted by atomic mass is 10.2. The molecule has 1 aromatic heterocycles. The number of amides is 1. The lowest BCUT2D eigenvalue weighted by molar-refractivity contribution is -0.223.